The van der Waals surface area contributed by atoms with E-state index in [0.29, 0.717) is 18.6 Å². The summed E-state index contributed by atoms with van der Waals surface area (Å²) in [6, 6.07) is 10.6. The van der Waals surface area contributed by atoms with E-state index in [2.05, 4.69) is 73.4 Å². The van der Waals surface area contributed by atoms with Gasteiger partial charge in [0.25, 0.3) is 0 Å². The molecule has 5 heteroatoms. The highest BCUT2D eigenvalue weighted by Crippen LogP contribution is 2.50. The second-order valence-corrected chi connectivity index (χ2v) is 10.1. The molecule has 2 fully saturated rings. The standard InChI is InChI=1S/C26H37N3O2/c1-19(2)21-5-7-22(8-6-21)26(30,25(3)17-29(4)18-25)23-13-20(14-28-15-23)16-31-24-9-11-27-12-10-24/h5-8,13-15,19,24,27,30H,9-12,16-18H2,1-4H3/t26-/m0/s1. The van der Waals surface area contributed by atoms with Crippen LogP contribution in [0.2, 0.25) is 0 Å². The van der Waals surface area contributed by atoms with Gasteiger partial charge < -0.3 is 20.1 Å². The average molecular weight is 424 g/mol. The Kier molecular flexibility index (Phi) is 6.50. The van der Waals surface area contributed by atoms with E-state index < -0.39 is 5.60 Å². The summed E-state index contributed by atoms with van der Waals surface area (Å²) in [5.41, 5.74) is 2.70. The minimum absolute atomic E-state index is 0.280. The third-order valence-corrected chi connectivity index (χ3v) is 7.09. The van der Waals surface area contributed by atoms with Gasteiger partial charge in [0.05, 0.1) is 12.7 Å². The van der Waals surface area contributed by atoms with Crippen LogP contribution in [0, 0.1) is 5.41 Å². The maximum Gasteiger partial charge on any atom is 0.124 e. The molecule has 2 aliphatic rings. The van der Waals surface area contributed by atoms with Crippen molar-refractivity contribution in [2.24, 2.45) is 5.41 Å². The number of hydrogen-bond donors (Lipinski definition) is 2. The number of nitrogens with zero attached hydrogens (tertiary/aromatic N) is 2. The summed E-state index contributed by atoms with van der Waals surface area (Å²) in [5.74, 6) is 0.463. The van der Waals surface area contributed by atoms with Crippen molar-refractivity contribution in [2.75, 3.05) is 33.2 Å². The lowest BCUT2D eigenvalue weighted by molar-refractivity contribution is -0.127. The van der Waals surface area contributed by atoms with Crippen molar-refractivity contribution >= 4 is 0 Å². The number of aromatic nitrogens is 1. The number of piperidine rings is 1. The van der Waals surface area contributed by atoms with Gasteiger partial charge in [-0.25, -0.2) is 0 Å². The largest absolute Gasteiger partial charge is 0.380 e. The van der Waals surface area contributed by atoms with Crippen LogP contribution < -0.4 is 5.32 Å². The van der Waals surface area contributed by atoms with Gasteiger partial charge in [-0.2, -0.15) is 0 Å². The molecule has 0 radical (unpaired) electrons. The summed E-state index contributed by atoms with van der Waals surface area (Å²) < 4.78 is 6.16. The fourth-order valence-electron chi connectivity index (χ4n) is 5.29. The zero-order chi connectivity index (χ0) is 22.1. The molecule has 1 aromatic carbocycles. The molecular weight excluding hydrogens is 386 g/mol. The van der Waals surface area contributed by atoms with Crippen LogP contribution in [0.25, 0.3) is 0 Å². The van der Waals surface area contributed by atoms with Crippen LogP contribution in [-0.2, 0) is 16.9 Å². The van der Waals surface area contributed by atoms with Gasteiger partial charge in [0.15, 0.2) is 0 Å². The Hall–Kier alpha value is -1.79. The van der Waals surface area contributed by atoms with Crippen molar-refractivity contribution in [3.63, 3.8) is 0 Å². The van der Waals surface area contributed by atoms with Crippen molar-refractivity contribution in [1.29, 1.82) is 0 Å². The summed E-state index contributed by atoms with van der Waals surface area (Å²) in [6.45, 7) is 10.8. The predicted molar refractivity (Wildman–Crippen MR) is 124 cm³/mol. The minimum Gasteiger partial charge on any atom is -0.380 e. The molecule has 0 bridgehead atoms. The zero-order valence-corrected chi connectivity index (χ0v) is 19.4. The predicted octanol–water partition coefficient (Wildman–Crippen LogP) is 3.66. The first-order valence-electron chi connectivity index (χ1n) is 11.6. The summed E-state index contributed by atoms with van der Waals surface area (Å²) in [7, 11) is 2.10. The maximum atomic E-state index is 12.3. The smallest absolute Gasteiger partial charge is 0.124 e. The van der Waals surface area contributed by atoms with Gasteiger partial charge in [0, 0.05) is 36.5 Å². The van der Waals surface area contributed by atoms with Crippen LogP contribution in [0.15, 0.2) is 42.7 Å². The molecule has 3 heterocycles. The molecule has 31 heavy (non-hydrogen) atoms. The molecule has 0 unspecified atom stereocenters. The molecule has 2 N–H and O–H groups in total. The Bertz CT molecular complexity index is 870. The number of ether oxygens (including phenoxy) is 1. The number of likely N-dealkylation sites (tertiary alicyclic amines) is 1. The molecule has 4 rings (SSSR count). The molecule has 1 atom stereocenters. The van der Waals surface area contributed by atoms with Crippen LogP contribution in [0.1, 0.15) is 61.8 Å². The first-order valence-corrected chi connectivity index (χ1v) is 11.6. The number of pyridine rings is 1. The first-order chi connectivity index (χ1) is 14.8. The van der Waals surface area contributed by atoms with Gasteiger partial charge in [0.2, 0.25) is 0 Å². The van der Waals surface area contributed by atoms with Crippen molar-refractivity contribution in [3.8, 4) is 0 Å². The van der Waals surface area contributed by atoms with Crippen LogP contribution in [0.3, 0.4) is 0 Å². The van der Waals surface area contributed by atoms with E-state index in [1.54, 1.807) is 0 Å². The molecule has 1 aromatic heterocycles. The molecule has 0 saturated carbocycles. The molecule has 2 aliphatic heterocycles. The second kappa shape index (κ2) is 8.99. The molecule has 5 nitrogen and oxygen atoms in total. The van der Waals surface area contributed by atoms with Gasteiger partial charge in [-0.15, -0.1) is 0 Å². The van der Waals surface area contributed by atoms with Crippen LogP contribution in [-0.4, -0.2) is 54.3 Å². The quantitative estimate of drug-likeness (QED) is 0.712. The summed E-state index contributed by atoms with van der Waals surface area (Å²) in [4.78, 5) is 6.77. The highest BCUT2D eigenvalue weighted by Gasteiger charge is 2.55. The number of aliphatic hydroxyl groups is 1. The van der Waals surface area contributed by atoms with Crippen molar-refractivity contribution in [3.05, 3.63) is 65.0 Å². The summed E-state index contributed by atoms with van der Waals surface area (Å²) in [5, 5.41) is 15.7. The Morgan fingerprint density at radius 1 is 1.16 bits per heavy atom. The van der Waals surface area contributed by atoms with Gasteiger partial charge in [-0.3, -0.25) is 4.98 Å². The monoisotopic (exact) mass is 423 g/mol. The molecule has 0 amide bonds. The third kappa shape index (κ3) is 4.42. The molecule has 0 aliphatic carbocycles. The number of hydrogen-bond acceptors (Lipinski definition) is 5. The Balaban J connectivity index is 1.64. The third-order valence-electron chi connectivity index (χ3n) is 7.09. The maximum absolute atomic E-state index is 12.3. The number of nitrogens with one attached hydrogen (secondary N) is 1. The number of benzene rings is 1. The van der Waals surface area contributed by atoms with E-state index in [-0.39, 0.29) is 5.41 Å². The molecule has 2 aromatic rings. The normalized spacial score (nSPS) is 21.6. The fraction of sp³-hybridized carbons (Fsp3) is 0.577. The summed E-state index contributed by atoms with van der Waals surface area (Å²) in [6.07, 6.45) is 6.08. The fourth-order valence-corrected chi connectivity index (χ4v) is 5.29. The van der Waals surface area contributed by atoms with E-state index in [1.165, 1.54) is 5.56 Å². The van der Waals surface area contributed by atoms with Gasteiger partial charge in [0.1, 0.15) is 5.60 Å². The van der Waals surface area contributed by atoms with Crippen molar-refractivity contribution < 1.29 is 9.84 Å². The van der Waals surface area contributed by atoms with Crippen molar-refractivity contribution in [1.82, 2.24) is 15.2 Å². The highest BCUT2D eigenvalue weighted by atomic mass is 16.5. The van der Waals surface area contributed by atoms with Crippen molar-refractivity contribution in [2.45, 2.75) is 57.8 Å². The van der Waals surface area contributed by atoms with Gasteiger partial charge in [-0.05, 0) is 61.7 Å². The molecular formula is C26H37N3O2. The average Bonchev–Trinajstić information content (AvgIpc) is 2.77. The lowest BCUT2D eigenvalue weighted by atomic mass is 9.62. The topological polar surface area (TPSA) is 57.6 Å². The summed E-state index contributed by atoms with van der Waals surface area (Å²) >= 11 is 0. The molecule has 168 valence electrons. The Morgan fingerprint density at radius 2 is 1.84 bits per heavy atom. The first kappa shape index (κ1) is 22.4. The second-order valence-electron chi connectivity index (χ2n) is 10.1. The lowest BCUT2D eigenvalue weighted by Crippen LogP contribution is -2.63. The van der Waals surface area contributed by atoms with E-state index >= 15 is 0 Å². The number of rotatable bonds is 7. The van der Waals surface area contributed by atoms with E-state index in [1.807, 2.05) is 12.4 Å². The Morgan fingerprint density at radius 3 is 2.45 bits per heavy atom. The SMILES string of the molecule is CC(C)c1ccc([C@](O)(c2cncc(COC3CCNCC3)c2)C2(C)CN(C)C2)cc1. The van der Waals surface area contributed by atoms with Crippen LogP contribution in [0.4, 0.5) is 0 Å². The van der Waals surface area contributed by atoms with E-state index in [9.17, 15) is 5.11 Å². The highest BCUT2D eigenvalue weighted by molar-refractivity contribution is 5.41. The Labute approximate surface area is 186 Å². The lowest BCUT2D eigenvalue weighted by Gasteiger charge is -2.56. The van der Waals surface area contributed by atoms with Crippen LogP contribution >= 0.6 is 0 Å². The minimum atomic E-state index is -1.10. The zero-order valence-electron chi connectivity index (χ0n) is 19.4. The van der Waals surface area contributed by atoms with Gasteiger partial charge in [-0.1, -0.05) is 45.0 Å². The van der Waals surface area contributed by atoms with Crippen LogP contribution in [0.5, 0.6) is 0 Å². The van der Waals surface area contributed by atoms with E-state index in [0.717, 1.165) is 55.7 Å². The molecule has 2 saturated heterocycles. The van der Waals surface area contributed by atoms with E-state index in [4.69, 9.17) is 4.74 Å². The van der Waals surface area contributed by atoms with Gasteiger partial charge >= 0.3 is 0 Å². The molecule has 0 spiro atoms.